The van der Waals surface area contributed by atoms with E-state index in [0.29, 0.717) is 17.6 Å². The van der Waals surface area contributed by atoms with Crippen molar-refractivity contribution in [1.82, 2.24) is 4.90 Å². The third kappa shape index (κ3) is 3.61. The number of benzene rings is 1. The molecule has 6 heteroatoms. The van der Waals surface area contributed by atoms with Crippen LogP contribution in [0.25, 0.3) is 0 Å². The number of rotatable bonds is 5. The van der Waals surface area contributed by atoms with Gasteiger partial charge in [0.05, 0.1) is 0 Å². The van der Waals surface area contributed by atoms with E-state index >= 15 is 0 Å². The van der Waals surface area contributed by atoms with Crippen LogP contribution in [-0.4, -0.2) is 42.3 Å². The van der Waals surface area contributed by atoms with Crippen LogP contribution in [0.15, 0.2) is 24.3 Å². The average Bonchev–Trinajstić information content (AvgIpc) is 2.26. The molecule has 80 valence electrons. The fourth-order valence-electron chi connectivity index (χ4n) is 0.943. The smallest absolute Gasteiger partial charge is 0.473 e. The lowest BCUT2D eigenvalue weighted by Gasteiger charge is -2.12. The highest BCUT2D eigenvalue weighted by Gasteiger charge is 2.09. The summed E-state index contributed by atoms with van der Waals surface area (Å²) in [7, 11) is 0.121. The molecule has 1 rings (SSSR count). The van der Waals surface area contributed by atoms with Gasteiger partial charge in [-0.2, -0.15) is 0 Å². The van der Waals surface area contributed by atoms with Crippen molar-refractivity contribution in [3.8, 4) is 5.75 Å². The van der Waals surface area contributed by atoms with Gasteiger partial charge in [-0.3, -0.25) is 4.79 Å². The Labute approximate surface area is 88.0 Å². The molecule has 1 aromatic carbocycles. The first-order chi connectivity index (χ1) is 7.13. The van der Waals surface area contributed by atoms with E-state index in [9.17, 15) is 4.79 Å². The zero-order valence-electron chi connectivity index (χ0n) is 8.33. The van der Waals surface area contributed by atoms with Crippen molar-refractivity contribution in [2.75, 3.05) is 13.8 Å². The third-order valence-corrected chi connectivity index (χ3v) is 1.79. The van der Waals surface area contributed by atoms with Gasteiger partial charge in [0.2, 0.25) is 6.41 Å². The lowest BCUT2D eigenvalue weighted by molar-refractivity contribution is -0.119. The van der Waals surface area contributed by atoms with Crippen LogP contribution < -0.4 is 10.2 Å². The van der Waals surface area contributed by atoms with Crippen molar-refractivity contribution in [2.24, 2.45) is 0 Å². The summed E-state index contributed by atoms with van der Waals surface area (Å²) in [5, 5.41) is 17.7. The molecule has 0 unspecified atom stereocenters. The van der Waals surface area contributed by atoms with Gasteiger partial charge < -0.3 is 19.7 Å². The monoisotopic (exact) mass is 209 g/mol. The number of ether oxygens (including phenoxy) is 1. The second-order valence-electron chi connectivity index (χ2n) is 3.08. The standard InChI is InChI=1S/C9H12BNO4/c1-11(6-12)7-15-9-4-2-8(3-5-9)10(13)14/h2-6,13-14H,7H2,1H3. The first-order valence-electron chi connectivity index (χ1n) is 4.38. The maximum absolute atomic E-state index is 10.2. The zero-order chi connectivity index (χ0) is 11.3. The number of nitrogens with zero attached hydrogens (tertiary/aromatic N) is 1. The van der Waals surface area contributed by atoms with Gasteiger partial charge in [0, 0.05) is 7.05 Å². The van der Waals surface area contributed by atoms with E-state index in [1.807, 2.05) is 0 Å². The summed E-state index contributed by atoms with van der Waals surface area (Å²) in [4.78, 5) is 11.6. The molecule has 0 saturated heterocycles. The molecule has 0 aliphatic rings. The van der Waals surface area contributed by atoms with Crippen molar-refractivity contribution in [2.45, 2.75) is 0 Å². The highest BCUT2D eigenvalue weighted by atomic mass is 16.5. The van der Waals surface area contributed by atoms with E-state index in [4.69, 9.17) is 14.8 Å². The van der Waals surface area contributed by atoms with Gasteiger partial charge in [-0.15, -0.1) is 0 Å². The van der Waals surface area contributed by atoms with E-state index in [2.05, 4.69) is 0 Å². The molecule has 0 heterocycles. The summed E-state index contributed by atoms with van der Waals surface area (Å²) in [6.45, 7) is 0.157. The van der Waals surface area contributed by atoms with E-state index in [1.165, 1.54) is 4.90 Å². The lowest BCUT2D eigenvalue weighted by atomic mass is 9.80. The largest absolute Gasteiger partial charge is 0.488 e. The summed E-state index contributed by atoms with van der Waals surface area (Å²) >= 11 is 0. The summed E-state index contributed by atoms with van der Waals surface area (Å²) < 4.78 is 5.22. The summed E-state index contributed by atoms with van der Waals surface area (Å²) in [5.74, 6) is 0.563. The second kappa shape index (κ2) is 5.38. The Balaban J connectivity index is 2.53. The Hall–Kier alpha value is -1.53. The molecular weight excluding hydrogens is 197 g/mol. The fraction of sp³-hybridized carbons (Fsp3) is 0.222. The van der Waals surface area contributed by atoms with E-state index in [-0.39, 0.29) is 6.73 Å². The number of carbonyl (C=O) groups is 1. The van der Waals surface area contributed by atoms with Crippen molar-refractivity contribution >= 4 is 19.0 Å². The maximum Gasteiger partial charge on any atom is 0.488 e. The second-order valence-corrected chi connectivity index (χ2v) is 3.08. The molecule has 5 nitrogen and oxygen atoms in total. The van der Waals surface area contributed by atoms with Gasteiger partial charge in [0.1, 0.15) is 5.75 Å². The fourth-order valence-corrected chi connectivity index (χ4v) is 0.943. The number of amides is 1. The Bertz CT molecular complexity index is 314. The van der Waals surface area contributed by atoms with Crippen molar-refractivity contribution in [1.29, 1.82) is 0 Å². The van der Waals surface area contributed by atoms with Crippen LogP contribution >= 0.6 is 0 Å². The highest BCUT2D eigenvalue weighted by Crippen LogP contribution is 2.07. The Kier molecular flexibility index (Phi) is 4.14. The van der Waals surface area contributed by atoms with Crippen molar-refractivity contribution < 1.29 is 19.6 Å². The Morgan fingerprint density at radius 3 is 2.47 bits per heavy atom. The zero-order valence-corrected chi connectivity index (χ0v) is 8.33. The average molecular weight is 209 g/mol. The maximum atomic E-state index is 10.2. The Morgan fingerprint density at radius 2 is 2.00 bits per heavy atom. The molecule has 0 fully saturated rings. The van der Waals surface area contributed by atoms with Crippen LogP contribution in [0.3, 0.4) is 0 Å². The van der Waals surface area contributed by atoms with Crippen molar-refractivity contribution in [3.63, 3.8) is 0 Å². The van der Waals surface area contributed by atoms with Crippen LogP contribution in [0.5, 0.6) is 5.75 Å². The molecule has 0 aliphatic carbocycles. The minimum atomic E-state index is -1.48. The Morgan fingerprint density at radius 1 is 1.40 bits per heavy atom. The summed E-state index contributed by atoms with van der Waals surface area (Å²) in [6, 6.07) is 6.29. The molecule has 0 aliphatic heterocycles. The van der Waals surface area contributed by atoms with Gasteiger partial charge in [-0.1, -0.05) is 12.1 Å². The van der Waals surface area contributed by atoms with Gasteiger partial charge in [0.15, 0.2) is 6.73 Å². The summed E-state index contributed by atoms with van der Waals surface area (Å²) in [5.41, 5.74) is 0.395. The molecule has 1 amide bonds. The molecule has 0 spiro atoms. The number of carbonyl (C=O) groups excluding carboxylic acids is 1. The van der Waals surface area contributed by atoms with Crippen LogP contribution in [0.2, 0.25) is 0 Å². The van der Waals surface area contributed by atoms with E-state index in [1.54, 1.807) is 31.3 Å². The molecule has 0 aromatic heterocycles. The molecule has 0 radical (unpaired) electrons. The third-order valence-electron chi connectivity index (χ3n) is 1.79. The normalized spacial score (nSPS) is 9.53. The SMILES string of the molecule is CN(C=O)COc1ccc(B(O)O)cc1. The lowest BCUT2D eigenvalue weighted by Crippen LogP contribution is -2.29. The quantitative estimate of drug-likeness (QED) is 0.362. The molecule has 0 saturated carbocycles. The van der Waals surface area contributed by atoms with Crippen LogP contribution in [0.4, 0.5) is 0 Å². The number of hydrogen-bond donors (Lipinski definition) is 2. The molecule has 0 bridgehead atoms. The van der Waals surface area contributed by atoms with Crippen LogP contribution in [0, 0.1) is 0 Å². The predicted molar refractivity (Wildman–Crippen MR) is 55.6 cm³/mol. The molecule has 15 heavy (non-hydrogen) atoms. The molecule has 0 atom stereocenters. The highest BCUT2D eigenvalue weighted by molar-refractivity contribution is 6.58. The van der Waals surface area contributed by atoms with Gasteiger partial charge in [0.25, 0.3) is 0 Å². The minimum absolute atomic E-state index is 0.157. The van der Waals surface area contributed by atoms with Crippen LogP contribution in [0.1, 0.15) is 0 Å². The first kappa shape index (κ1) is 11.5. The van der Waals surface area contributed by atoms with E-state index < -0.39 is 7.12 Å². The van der Waals surface area contributed by atoms with Gasteiger partial charge in [-0.05, 0) is 17.6 Å². The molecule has 1 aromatic rings. The topological polar surface area (TPSA) is 70.0 Å². The van der Waals surface area contributed by atoms with E-state index in [0.717, 1.165) is 0 Å². The van der Waals surface area contributed by atoms with Gasteiger partial charge in [-0.25, -0.2) is 0 Å². The minimum Gasteiger partial charge on any atom is -0.473 e. The van der Waals surface area contributed by atoms with Gasteiger partial charge >= 0.3 is 7.12 Å². The van der Waals surface area contributed by atoms with Crippen LogP contribution in [-0.2, 0) is 4.79 Å². The molecular formula is C9H12BNO4. The first-order valence-corrected chi connectivity index (χ1v) is 4.38. The number of hydrogen-bond acceptors (Lipinski definition) is 4. The molecule has 2 N–H and O–H groups in total. The van der Waals surface area contributed by atoms with Crippen molar-refractivity contribution in [3.05, 3.63) is 24.3 Å². The summed E-state index contributed by atoms with van der Waals surface area (Å²) in [6.07, 6.45) is 0.659. The predicted octanol–water partition coefficient (Wildman–Crippen LogP) is -1.21.